The van der Waals surface area contributed by atoms with Crippen molar-refractivity contribution in [1.82, 2.24) is 0 Å². The van der Waals surface area contributed by atoms with Crippen molar-refractivity contribution in [2.75, 3.05) is 0 Å². The van der Waals surface area contributed by atoms with Gasteiger partial charge in [0.1, 0.15) is 0 Å². The van der Waals surface area contributed by atoms with Gasteiger partial charge in [-0.2, -0.15) is 0 Å². The van der Waals surface area contributed by atoms with Crippen LogP contribution in [0.1, 0.15) is 25.7 Å². The van der Waals surface area contributed by atoms with E-state index < -0.39 is 0 Å². The molecule has 0 amide bonds. The van der Waals surface area contributed by atoms with Gasteiger partial charge in [0.2, 0.25) is 0 Å². The molecule has 1 aliphatic rings. The Kier molecular flexibility index (Phi) is 1.63. The van der Waals surface area contributed by atoms with Crippen molar-refractivity contribution >= 4 is 5.71 Å². The van der Waals surface area contributed by atoms with E-state index in [0.29, 0.717) is 6.04 Å². The highest BCUT2D eigenvalue weighted by Gasteiger charge is 2.11. The van der Waals surface area contributed by atoms with Crippen LogP contribution >= 0.6 is 0 Å². The van der Waals surface area contributed by atoms with Gasteiger partial charge in [-0.25, -0.2) is 0 Å². The predicted octanol–water partition coefficient (Wildman–Crippen LogP) is 0.907. The zero-order valence-corrected chi connectivity index (χ0v) is 4.98. The zero-order chi connectivity index (χ0) is 5.98. The molecule has 8 heavy (non-hydrogen) atoms. The summed E-state index contributed by atoms with van der Waals surface area (Å²) in [5.74, 6) is 0. The van der Waals surface area contributed by atoms with Gasteiger partial charge < -0.3 is 11.1 Å². The summed E-state index contributed by atoms with van der Waals surface area (Å²) in [7, 11) is 0. The third-order valence-electron chi connectivity index (χ3n) is 1.63. The first-order valence-corrected chi connectivity index (χ1v) is 3.11. The van der Waals surface area contributed by atoms with Crippen molar-refractivity contribution in [2.45, 2.75) is 31.7 Å². The van der Waals surface area contributed by atoms with Gasteiger partial charge in [-0.3, -0.25) is 0 Å². The van der Waals surface area contributed by atoms with Crippen LogP contribution in [0, 0.1) is 5.41 Å². The predicted molar refractivity (Wildman–Crippen MR) is 34.2 cm³/mol. The largest absolute Gasteiger partial charge is 0.328 e. The zero-order valence-electron chi connectivity index (χ0n) is 4.98. The van der Waals surface area contributed by atoms with E-state index in [9.17, 15) is 0 Å². The summed E-state index contributed by atoms with van der Waals surface area (Å²) in [5, 5.41) is 7.22. The summed E-state index contributed by atoms with van der Waals surface area (Å²) in [6.07, 6.45) is 3.92. The first-order valence-electron chi connectivity index (χ1n) is 3.11. The van der Waals surface area contributed by atoms with Gasteiger partial charge in [-0.15, -0.1) is 0 Å². The van der Waals surface area contributed by atoms with Crippen molar-refractivity contribution in [3.8, 4) is 0 Å². The van der Waals surface area contributed by atoms with E-state index in [2.05, 4.69) is 0 Å². The fourth-order valence-electron chi connectivity index (χ4n) is 0.989. The van der Waals surface area contributed by atoms with Crippen LogP contribution in [0.2, 0.25) is 0 Å². The lowest BCUT2D eigenvalue weighted by molar-refractivity contribution is 0.557. The van der Waals surface area contributed by atoms with Crippen LogP contribution in [0.3, 0.4) is 0 Å². The summed E-state index contributed by atoms with van der Waals surface area (Å²) in [6, 6.07) is 0.379. The van der Waals surface area contributed by atoms with Gasteiger partial charge in [-0.05, 0) is 25.7 Å². The highest BCUT2D eigenvalue weighted by atomic mass is 14.6. The highest BCUT2D eigenvalue weighted by Crippen LogP contribution is 2.12. The van der Waals surface area contributed by atoms with Crippen LogP contribution in [0.15, 0.2) is 0 Å². The highest BCUT2D eigenvalue weighted by molar-refractivity contribution is 5.82. The Bertz CT molecular complexity index is 88.7. The molecule has 1 fully saturated rings. The molecule has 46 valence electrons. The standard InChI is InChI=1S/C6H12N2/c7-5-1-2-6(8)4-3-5/h5,8H,1-4,7H2. The van der Waals surface area contributed by atoms with Crippen molar-refractivity contribution < 1.29 is 0 Å². The van der Waals surface area contributed by atoms with Crippen molar-refractivity contribution in [1.29, 1.82) is 5.41 Å². The van der Waals surface area contributed by atoms with Crippen LogP contribution in [0.5, 0.6) is 0 Å². The molecule has 2 heteroatoms. The minimum Gasteiger partial charge on any atom is -0.328 e. The summed E-state index contributed by atoms with van der Waals surface area (Å²) in [6.45, 7) is 0. The molecule has 0 aromatic heterocycles. The third kappa shape index (κ3) is 1.30. The van der Waals surface area contributed by atoms with Crippen LogP contribution < -0.4 is 5.73 Å². The van der Waals surface area contributed by atoms with Crippen LogP contribution in [-0.4, -0.2) is 11.8 Å². The molecular formula is C6H12N2. The maximum atomic E-state index is 7.22. The third-order valence-corrected chi connectivity index (χ3v) is 1.63. The number of hydrogen-bond donors (Lipinski definition) is 2. The average molecular weight is 112 g/mol. The second-order valence-corrected chi connectivity index (χ2v) is 2.44. The summed E-state index contributed by atoms with van der Waals surface area (Å²) < 4.78 is 0. The van der Waals surface area contributed by atoms with Crippen molar-refractivity contribution in [3.63, 3.8) is 0 Å². The molecule has 0 bridgehead atoms. The number of nitrogens with two attached hydrogens (primary N) is 1. The maximum Gasteiger partial charge on any atom is 0.00903 e. The molecule has 1 aliphatic carbocycles. The molecule has 1 rings (SSSR count). The van der Waals surface area contributed by atoms with Crippen molar-refractivity contribution in [2.24, 2.45) is 5.73 Å². The molecule has 0 aromatic carbocycles. The molecule has 0 aromatic rings. The topological polar surface area (TPSA) is 49.9 Å². The van der Waals surface area contributed by atoms with E-state index in [0.717, 1.165) is 31.4 Å². The minimum atomic E-state index is 0.379. The van der Waals surface area contributed by atoms with Gasteiger partial charge in [-0.1, -0.05) is 0 Å². The van der Waals surface area contributed by atoms with Gasteiger partial charge >= 0.3 is 0 Å². The number of hydrogen-bond acceptors (Lipinski definition) is 2. The summed E-state index contributed by atoms with van der Waals surface area (Å²) in [4.78, 5) is 0. The Labute approximate surface area is 49.6 Å². The smallest absolute Gasteiger partial charge is 0.00903 e. The van der Waals surface area contributed by atoms with E-state index in [-0.39, 0.29) is 0 Å². The molecule has 3 N–H and O–H groups in total. The Morgan fingerprint density at radius 3 is 2.25 bits per heavy atom. The van der Waals surface area contributed by atoms with E-state index in [1.54, 1.807) is 0 Å². The maximum absolute atomic E-state index is 7.22. The molecule has 0 saturated heterocycles. The van der Waals surface area contributed by atoms with Gasteiger partial charge in [0.15, 0.2) is 0 Å². The Balaban J connectivity index is 2.29. The number of rotatable bonds is 0. The van der Waals surface area contributed by atoms with E-state index in [4.69, 9.17) is 11.1 Å². The first-order chi connectivity index (χ1) is 3.79. The fraction of sp³-hybridized carbons (Fsp3) is 0.833. The van der Waals surface area contributed by atoms with Crippen LogP contribution in [-0.2, 0) is 0 Å². The lowest BCUT2D eigenvalue weighted by atomic mass is 9.95. The summed E-state index contributed by atoms with van der Waals surface area (Å²) in [5.41, 5.74) is 6.48. The van der Waals surface area contributed by atoms with Gasteiger partial charge in [0.05, 0.1) is 0 Å². The van der Waals surface area contributed by atoms with Gasteiger partial charge in [0, 0.05) is 11.8 Å². The Hall–Kier alpha value is -0.370. The molecule has 0 spiro atoms. The fourth-order valence-corrected chi connectivity index (χ4v) is 0.989. The monoisotopic (exact) mass is 112 g/mol. The molecular weight excluding hydrogens is 100 g/mol. The van der Waals surface area contributed by atoms with Crippen molar-refractivity contribution in [3.05, 3.63) is 0 Å². The second-order valence-electron chi connectivity index (χ2n) is 2.44. The Morgan fingerprint density at radius 1 is 1.38 bits per heavy atom. The molecule has 0 heterocycles. The molecule has 2 nitrogen and oxygen atoms in total. The van der Waals surface area contributed by atoms with E-state index in [1.807, 2.05) is 0 Å². The lowest BCUT2D eigenvalue weighted by Gasteiger charge is -2.17. The molecule has 0 atom stereocenters. The SMILES string of the molecule is N=C1CCC(N)CC1. The van der Waals surface area contributed by atoms with Gasteiger partial charge in [0.25, 0.3) is 0 Å². The van der Waals surface area contributed by atoms with Crippen LogP contribution in [0.4, 0.5) is 0 Å². The molecule has 1 saturated carbocycles. The van der Waals surface area contributed by atoms with E-state index in [1.165, 1.54) is 0 Å². The van der Waals surface area contributed by atoms with Crippen LogP contribution in [0.25, 0.3) is 0 Å². The van der Waals surface area contributed by atoms with E-state index >= 15 is 0 Å². The Morgan fingerprint density at radius 2 is 1.88 bits per heavy atom. The minimum absolute atomic E-state index is 0.379. The second kappa shape index (κ2) is 2.27. The first kappa shape index (κ1) is 5.76. The normalized spacial score (nSPS) is 30.6. The number of nitrogens with one attached hydrogen (secondary N) is 1. The quantitative estimate of drug-likeness (QED) is 0.480. The molecule has 0 radical (unpaired) electrons. The summed E-state index contributed by atoms with van der Waals surface area (Å²) >= 11 is 0. The average Bonchev–Trinajstić information content (AvgIpc) is 1.77. The lowest BCUT2D eigenvalue weighted by Crippen LogP contribution is -2.25. The molecule has 0 unspecified atom stereocenters. The molecule has 0 aliphatic heterocycles.